The molecule has 3 aromatic rings. The van der Waals surface area contributed by atoms with E-state index in [4.69, 9.17) is 9.47 Å². The average molecular weight is 486 g/mol. The number of nitrogens with zero attached hydrogens (tertiary/aromatic N) is 1. The van der Waals surface area contributed by atoms with Gasteiger partial charge in [0.15, 0.2) is 0 Å². The van der Waals surface area contributed by atoms with Crippen LogP contribution in [-0.4, -0.2) is 36.0 Å². The quantitative estimate of drug-likeness (QED) is 0.312. The van der Waals surface area contributed by atoms with E-state index >= 15 is 0 Å². The lowest BCUT2D eigenvalue weighted by Gasteiger charge is -2.36. The molecule has 1 saturated carbocycles. The van der Waals surface area contributed by atoms with Crippen LogP contribution in [0.15, 0.2) is 84.9 Å². The Morgan fingerprint density at radius 1 is 0.861 bits per heavy atom. The third kappa shape index (κ3) is 6.54. The van der Waals surface area contributed by atoms with Crippen LogP contribution in [0.25, 0.3) is 0 Å². The number of ether oxygens (including phenoxy) is 2. The van der Waals surface area contributed by atoms with Gasteiger partial charge in [0.2, 0.25) is 6.10 Å². The second kappa shape index (κ2) is 12.9. The van der Waals surface area contributed by atoms with Crippen molar-refractivity contribution in [2.24, 2.45) is 0 Å². The number of amides is 1. The van der Waals surface area contributed by atoms with Crippen LogP contribution in [0, 0.1) is 0 Å². The number of para-hydroxylation sites is 1. The highest BCUT2D eigenvalue weighted by Gasteiger charge is 2.33. The summed E-state index contributed by atoms with van der Waals surface area (Å²) in [6, 6.07) is 26.7. The number of carbonyl (C=O) groups is 2. The second-order valence-corrected chi connectivity index (χ2v) is 9.19. The van der Waals surface area contributed by atoms with Gasteiger partial charge < -0.3 is 14.4 Å². The van der Waals surface area contributed by atoms with Crippen LogP contribution in [0.5, 0.6) is 5.75 Å². The molecule has 1 amide bonds. The molecule has 0 N–H and O–H groups in total. The minimum atomic E-state index is -0.841. The molecule has 0 aliphatic heterocycles. The second-order valence-electron chi connectivity index (χ2n) is 9.19. The highest BCUT2D eigenvalue weighted by molar-refractivity contribution is 5.93. The largest absolute Gasteiger partial charge is 0.475 e. The maximum Gasteiger partial charge on any atom is 0.341 e. The Morgan fingerprint density at radius 2 is 1.50 bits per heavy atom. The van der Waals surface area contributed by atoms with Crippen molar-refractivity contribution in [3.05, 3.63) is 102 Å². The predicted octanol–water partition coefficient (Wildman–Crippen LogP) is 6.39. The Kier molecular flexibility index (Phi) is 9.15. The van der Waals surface area contributed by atoms with Crippen molar-refractivity contribution in [3.8, 4) is 5.75 Å². The molecule has 1 fully saturated rings. The van der Waals surface area contributed by atoms with E-state index in [1.165, 1.54) is 6.42 Å². The van der Waals surface area contributed by atoms with Crippen molar-refractivity contribution >= 4 is 11.9 Å². The summed E-state index contributed by atoms with van der Waals surface area (Å²) in [5.74, 6) is -0.174. The number of rotatable bonds is 10. The molecule has 0 spiro atoms. The Bertz CT molecular complexity index is 1110. The molecule has 0 bridgehead atoms. The normalized spacial score (nSPS) is 14.6. The predicted molar refractivity (Wildman–Crippen MR) is 141 cm³/mol. The molecule has 0 aromatic heterocycles. The van der Waals surface area contributed by atoms with Gasteiger partial charge in [-0.05, 0) is 37.5 Å². The maximum atomic E-state index is 13.9. The van der Waals surface area contributed by atoms with Crippen molar-refractivity contribution in [3.63, 3.8) is 0 Å². The van der Waals surface area contributed by atoms with Crippen molar-refractivity contribution in [1.29, 1.82) is 0 Å². The van der Waals surface area contributed by atoms with Gasteiger partial charge in [-0.25, -0.2) is 4.79 Å². The van der Waals surface area contributed by atoms with Crippen molar-refractivity contribution in [2.75, 3.05) is 13.2 Å². The zero-order valence-corrected chi connectivity index (χ0v) is 21.0. The number of esters is 1. The van der Waals surface area contributed by atoms with E-state index in [1.807, 2.05) is 72.5 Å². The van der Waals surface area contributed by atoms with E-state index in [2.05, 4.69) is 0 Å². The van der Waals surface area contributed by atoms with Gasteiger partial charge in [-0.2, -0.15) is 0 Å². The average Bonchev–Trinajstić information content (AvgIpc) is 2.94. The van der Waals surface area contributed by atoms with E-state index < -0.39 is 12.1 Å². The summed E-state index contributed by atoms with van der Waals surface area (Å²) in [5.41, 5.74) is 2.19. The third-order valence-corrected chi connectivity index (χ3v) is 6.78. The van der Waals surface area contributed by atoms with Crippen molar-refractivity contribution in [1.82, 2.24) is 4.90 Å². The zero-order chi connectivity index (χ0) is 25.2. The fourth-order valence-electron chi connectivity index (χ4n) is 4.88. The summed E-state index contributed by atoms with van der Waals surface area (Å²) in [6.07, 6.45) is 5.34. The van der Waals surface area contributed by atoms with E-state index in [9.17, 15) is 9.59 Å². The molecule has 0 heterocycles. The highest BCUT2D eigenvalue weighted by atomic mass is 16.5. The fourth-order valence-corrected chi connectivity index (χ4v) is 4.88. The van der Waals surface area contributed by atoms with Crippen LogP contribution in [0.1, 0.15) is 66.6 Å². The molecule has 0 radical (unpaired) electrons. The Hall–Kier alpha value is -3.60. The molecule has 5 heteroatoms. The first-order chi connectivity index (χ1) is 17.7. The summed E-state index contributed by atoms with van der Waals surface area (Å²) in [6.45, 7) is 2.91. The lowest BCUT2D eigenvalue weighted by Crippen LogP contribution is -2.45. The van der Waals surface area contributed by atoms with Gasteiger partial charge in [-0.15, -0.1) is 0 Å². The van der Waals surface area contributed by atoms with E-state index in [1.54, 1.807) is 24.3 Å². The number of hydrogen-bond acceptors (Lipinski definition) is 4. The summed E-state index contributed by atoms with van der Waals surface area (Å²) in [5, 5.41) is 0. The van der Waals surface area contributed by atoms with Crippen LogP contribution in [0.3, 0.4) is 0 Å². The van der Waals surface area contributed by atoms with Crippen molar-refractivity contribution < 1.29 is 19.1 Å². The molecule has 4 rings (SSSR count). The van der Waals surface area contributed by atoms with Gasteiger partial charge in [0.05, 0.1) is 6.61 Å². The Balaban J connectivity index is 1.53. The summed E-state index contributed by atoms with van der Waals surface area (Å²) in [7, 11) is 0. The van der Waals surface area contributed by atoms with Crippen LogP contribution in [0.2, 0.25) is 0 Å². The first kappa shape index (κ1) is 25.5. The number of benzene rings is 3. The Morgan fingerprint density at radius 3 is 2.19 bits per heavy atom. The number of carbonyl (C=O) groups excluding carboxylic acids is 2. The highest BCUT2D eigenvalue weighted by Crippen LogP contribution is 2.30. The van der Waals surface area contributed by atoms with E-state index in [-0.39, 0.29) is 18.6 Å². The van der Waals surface area contributed by atoms with E-state index in [0.717, 1.165) is 36.8 Å². The maximum absolute atomic E-state index is 13.9. The third-order valence-electron chi connectivity index (χ3n) is 6.78. The fraction of sp³-hybridized carbons (Fsp3) is 0.355. The first-order valence-electron chi connectivity index (χ1n) is 13.0. The van der Waals surface area contributed by atoms with Crippen LogP contribution in [-0.2, 0) is 16.0 Å². The molecular formula is C31H35NO4. The Labute approximate surface area is 214 Å². The van der Waals surface area contributed by atoms with Gasteiger partial charge in [0.1, 0.15) is 11.3 Å². The first-order valence-corrected chi connectivity index (χ1v) is 13.0. The molecule has 1 unspecified atom stereocenters. The van der Waals surface area contributed by atoms with E-state index in [0.29, 0.717) is 24.3 Å². The molecule has 1 aliphatic rings. The van der Waals surface area contributed by atoms with Crippen LogP contribution < -0.4 is 4.74 Å². The molecule has 5 nitrogen and oxygen atoms in total. The van der Waals surface area contributed by atoms with Gasteiger partial charge >= 0.3 is 5.97 Å². The van der Waals surface area contributed by atoms with Crippen LogP contribution >= 0.6 is 0 Å². The summed E-state index contributed by atoms with van der Waals surface area (Å²) >= 11 is 0. The van der Waals surface area contributed by atoms with Gasteiger partial charge in [-0.3, -0.25) is 4.79 Å². The summed E-state index contributed by atoms with van der Waals surface area (Å²) < 4.78 is 11.9. The van der Waals surface area contributed by atoms with Gasteiger partial charge in [-0.1, -0.05) is 92.1 Å². The van der Waals surface area contributed by atoms with Gasteiger partial charge in [0.25, 0.3) is 5.91 Å². The molecule has 0 saturated heterocycles. The van der Waals surface area contributed by atoms with Crippen LogP contribution in [0.4, 0.5) is 0 Å². The lowest BCUT2D eigenvalue weighted by atomic mass is 9.93. The minimum absolute atomic E-state index is 0.0668. The summed E-state index contributed by atoms with van der Waals surface area (Å²) in [4.78, 5) is 28.8. The lowest BCUT2D eigenvalue weighted by molar-refractivity contribution is -0.142. The monoisotopic (exact) mass is 485 g/mol. The number of likely N-dealkylation sites (N-methyl/N-ethyl adjacent to an activating group) is 1. The SMILES string of the molecule is CCN(C(=O)C(Oc1ccccc1C(=O)OCCc1ccccc1)c1ccccc1)C1CCCCC1. The molecule has 1 atom stereocenters. The molecule has 3 aromatic carbocycles. The minimum Gasteiger partial charge on any atom is -0.475 e. The van der Waals surface area contributed by atoms with Crippen molar-refractivity contribution in [2.45, 2.75) is 57.6 Å². The standard InChI is InChI=1S/C31H35NO4/c1-2-32(26-18-10-5-11-19-26)30(33)29(25-16-8-4-9-17-25)36-28-21-13-12-20-27(28)31(34)35-23-22-24-14-6-3-7-15-24/h3-4,6-9,12-17,20-21,26,29H,2,5,10-11,18-19,22-23H2,1H3. The molecule has 188 valence electrons. The molecular weight excluding hydrogens is 450 g/mol. The molecule has 36 heavy (non-hydrogen) atoms. The zero-order valence-electron chi connectivity index (χ0n) is 21.0. The molecule has 1 aliphatic carbocycles. The number of hydrogen-bond donors (Lipinski definition) is 0. The topological polar surface area (TPSA) is 55.8 Å². The van der Waals surface area contributed by atoms with Gasteiger partial charge in [0, 0.05) is 24.6 Å². The smallest absolute Gasteiger partial charge is 0.341 e.